The fourth-order valence-corrected chi connectivity index (χ4v) is 1.79. The summed E-state index contributed by atoms with van der Waals surface area (Å²) < 4.78 is 0. The van der Waals surface area contributed by atoms with Gasteiger partial charge in [-0.2, -0.15) is 0 Å². The van der Waals surface area contributed by atoms with Gasteiger partial charge in [-0.3, -0.25) is 0 Å². The molecule has 0 aliphatic heterocycles. The molecule has 13 heavy (non-hydrogen) atoms. The molecule has 1 aromatic carbocycles. The Bertz CT molecular complexity index is 311. The van der Waals surface area contributed by atoms with Gasteiger partial charge in [-0.05, 0) is 41.9 Å². The highest BCUT2D eigenvalue weighted by atomic mass is 14.6. The lowest BCUT2D eigenvalue weighted by molar-refractivity contribution is 0.868. The summed E-state index contributed by atoms with van der Waals surface area (Å²) in [6.45, 7) is 4.37. The summed E-state index contributed by atoms with van der Waals surface area (Å²) in [7, 11) is 0. The van der Waals surface area contributed by atoms with Crippen molar-refractivity contribution >= 4 is 5.69 Å². The minimum Gasteiger partial charge on any atom is -0.398 e. The molecule has 1 aliphatic carbocycles. The van der Waals surface area contributed by atoms with E-state index in [1.807, 2.05) is 0 Å². The average Bonchev–Trinajstić information content (AvgIpc) is 2.85. The largest absolute Gasteiger partial charge is 0.398 e. The standard InChI is InChI=1S/C12H17N/c1-8(2)11-6-5-10(7-12(11)13)9-3-4-9/h5-9H,3-4,13H2,1-2H3. The molecule has 0 aromatic heterocycles. The van der Waals surface area contributed by atoms with E-state index in [0.29, 0.717) is 5.92 Å². The first-order valence-electron chi connectivity index (χ1n) is 5.08. The van der Waals surface area contributed by atoms with Crippen LogP contribution in [-0.2, 0) is 0 Å². The zero-order chi connectivity index (χ0) is 9.42. The highest BCUT2D eigenvalue weighted by Gasteiger charge is 2.23. The Hall–Kier alpha value is -0.980. The van der Waals surface area contributed by atoms with Gasteiger partial charge < -0.3 is 5.73 Å². The Kier molecular flexibility index (Phi) is 2.03. The highest BCUT2D eigenvalue weighted by molar-refractivity contribution is 5.51. The molecule has 0 heterocycles. The van der Waals surface area contributed by atoms with Crippen molar-refractivity contribution in [3.63, 3.8) is 0 Å². The quantitative estimate of drug-likeness (QED) is 0.686. The molecule has 1 aromatic rings. The predicted octanol–water partition coefficient (Wildman–Crippen LogP) is 3.27. The van der Waals surface area contributed by atoms with E-state index in [2.05, 4.69) is 32.0 Å². The van der Waals surface area contributed by atoms with Crippen LogP contribution in [0.5, 0.6) is 0 Å². The maximum absolute atomic E-state index is 5.99. The molecule has 1 fully saturated rings. The van der Waals surface area contributed by atoms with Gasteiger partial charge >= 0.3 is 0 Å². The van der Waals surface area contributed by atoms with Gasteiger partial charge in [0, 0.05) is 5.69 Å². The lowest BCUT2D eigenvalue weighted by Gasteiger charge is -2.10. The minimum absolute atomic E-state index is 0.535. The van der Waals surface area contributed by atoms with Crippen molar-refractivity contribution < 1.29 is 0 Å². The number of nitrogens with two attached hydrogens (primary N) is 1. The van der Waals surface area contributed by atoms with Crippen LogP contribution in [0, 0.1) is 0 Å². The normalized spacial score (nSPS) is 16.5. The zero-order valence-electron chi connectivity index (χ0n) is 8.38. The highest BCUT2D eigenvalue weighted by Crippen LogP contribution is 2.41. The monoisotopic (exact) mass is 175 g/mol. The second kappa shape index (κ2) is 3.06. The SMILES string of the molecule is CC(C)c1ccc(C2CC2)cc1N. The Morgan fingerprint density at radius 1 is 1.31 bits per heavy atom. The Labute approximate surface area is 80.0 Å². The Balaban J connectivity index is 2.31. The molecular formula is C12H17N. The average molecular weight is 175 g/mol. The van der Waals surface area contributed by atoms with Gasteiger partial charge in [0.05, 0.1) is 0 Å². The van der Waals surface area contributed by atoms with E-state index < -0.39 is 0 Å². The van der Waals surface area contributed by atoms with E-state index >= 15 is 0 Å². The molecule has 70 valence electrons. The summed E-state index contributed by atoms with van der Waals surface area (Å²) in [5.74, 6) is 1.34. The summed E-state index contributed by atoms with van der Waals surface area (Å²) in [5, 5.41) is 0. The van der Waals surface area contributed by atoms with Crippen molar-refractivity contribution in [1.29, 1.82) is 0 Å². The number of rotatable bonds is 2. The van der Waals surface area contributed by atoms with Crippen molar-refractivity contribution in [2.24, 2.45) is 0 Å². The van der Waals surface area contributed by atoms with Gasteiger partial charge in [0.25, 0.3) is 0 Å². The Morgan fingerprint density at radius 3 is 2.46 bits per heavy atom. The van der Waals surface area contributed by atoms with Gasteiger partial charge in [0.2, 0.25) is 0 Å². The van der Waals surface area contributed by atoms with Crippen LogP contribution in [0.2, 0.25) is 0 Å². The third-order valence-electron chi connectivity index (χ3n) is 2.78. The fourth-order valence-electron chi connectivity index (χ4n) is 1.79. The third kappa shape index (κ3) is 1.69. The summed E-state index contributed by atoms with van der Waals surface area (Å²) in [5.41, 5.74) is 9.67. The fraction of sp³-hybridized carbons (Fsp3) is 0.500. The lowest BCUT2D eigenvalue weighted by Crippen LogP contribution is -1.97. The zero-order valence-corrected chi connectivity index (χ0v) is 8.38. The van der Waals surface area contributed by atoms with Gasteiger partial charge in [-0.1, -0.05) is 26.0 Å². The molecule has 2 N–H and O–H groups in total. The van der Waals surface area contributed by atoms with Gasteiger partial charge in [-0.25, -0.2) is 0 Å². The molecule has 1 saturated carbocycles. The number of hydrogen-bond acceptors (Lipinski definition) is 1. The molecule has 1 nitrogen and oxygen atoms in total. The van der Waals surface area contributed by atoms with Crippen LogP contribution in [0.15, 0.2) is 18.2 Å². The molecule has 0 bridgehead atoms. The van der Waals surface area contributed by atoms with E-state index in [1.54, 1.807) is 0 Å². The van der Waals surface area contributed by atoms with E-state index in [1.165, 1.54) is 24.0 Å². The molecule has 0 radical (unpaired) electrons. The van der Waals surface area contributed by atoms with Crippen molar-refractivity contribution in [1.82, 2.24) is 0 Å². The van der Waals surface area contributed by atoms with E-state index in [4.69, 9.17) is 5.73 Å². The summed E-state index contributed by atoms with van der Waals surface area (Å²) in [4.78, 5) is 0. The molecule has 0 unspecified atom stereocenters. The summed E-state index contributed by atoms with van der Waals surface area (Å²) >= 11 is 0. The second-order valence-electron chi connectivity index (χ2n) is 4.32. The van der Waals surface area contributed by atoms with Crippen LogP contribution in [0.3, 0.4) is 0 Å². The molecule has 0 spiro atoms. The predicted molar refractivity (Wildman–Crippen MR) is 56.9 cm³/mol. The van der Waals surface area contributed by atoms with Crippen LogP contribution in [0.25, 0.3) is 0 Å². The molecule has 1 heteroatoms. The first kappa shape index (κ1) is 8.61. The molecule has 0 atom stereocenters. The van der Waals surface area contributed by atoms with Crippen molar-refractivity contribution in [3.8, 4) is 0 Å². The third-order valence-corrected chi connectivity index (χ3v) is 2.78. The smallest absolute Gasteiger partial charge is 0.0352 e. The van der Waals surface area contributed by atoms with Crippen LogP contribution < -0.4 is 5.73 Å². The number of benzene rings is 1. The van der Waals surface area contributed by atoms with E-state index in [9.17, 15) is 0 Å². The van der Waals surface area contributed by atoms with Gasteiger partial charge in [0.15, 0.2) is 0 Å². The molecule has 0 saturated heterocycles. The molecular weight excluding hydrogens is 158 g/mol. The van der Waals surface area contributed by atoms with Crippen LogP contribution >= 0.6 is 0 Å². The van der Waals surface area contributed by atoms with Crippen molar-refractivity contribution in [2.75, 3.05) is 5.73 Å². The van der Waals surface area contributed by atoms with Crippen LogP contribution in [0.1, 0.15) is 49.7 Å². The van der Waals surface area contributed by atoms with Crippen LogP contribution in [0.4, 0.5) is 5.69 Å². The van der Waals surface area contributed by atoms with Gasteiger partial charge in [-0.15, -0.1) is 0 Å². The maximum atomic E-state index is 5.99. The number of hydrogen-bond donors (Lipinski definition) is 1. The lowest BCUT2D eigenvalue weighted by atomic mass is 9.98. The minimum atomic E-state index is 0.535. The summed E-state index contributed by atoms with van der Waals surface area (Å²) in [6.07, 6.45) is 2.70. The van der Waals surface area contributed by atoms with Gasteiger partial charge in [0.1, 0.15) is 0 Å². The van der Waals surface area contributed by atoms with Crippen LogP contribution in [-0.4, -0.2) is 0 Å². The van der Waals surface area contributed by atoms with Crippen molar-refractivity contribution in [3.05, 3.63) is 29.3 Å². The van der Waals surface area contributed by atoms with Crippen molar-refractivity contribution in [2.45, 2.75) is 38.5 Å². The topological polar surface area (TPSA) is 26.0 Å². The number of anilines is 1. The Morgan fingerprint density at radius 2 is 2.00 bits per heavy atom. The molecule has 2 rings (SSSR count). The molecule has 0 amide bonds. The van der Waals surface area contributed by atoms with E-state index in [-0.39, 0.29) is 0 Å². The molecule has 1 aliphatic rings. The first-order chi connectivity index (χ1) is 6.18. The first-order valence-corrected chi connectivity index (χ1v) is 5.08. The number of nitrogen functional groups attached to an aromatic ring is 1. The summed E-state index contributed by atoms with van der Waals surface area (Å²) in [6, 6.07) is 6.59. The maximum Gasteiger partial charge on any atom is 0.0352 e. The second-order valence-corrected chi connectivity index (χ2v) is 4.32. The van der Waals surface area contributed by atoms with E-state index in [0.717, 1.165) is 11.6 Å².